The molecule has 0 aliphatic rings. The highest BCUT2D eigenvalue weighted by Gasteiger charge is 2.21. The summed E-state index contributed by atoms with van der Waals surface area (Å²) in [5, 5.41) is 1.07. The van der Waals surface area contributed by atoms with Crippen molar-refractivity contribution in [3.05, 3.63) is 82.3 Å². The second-order valence-electron chi connectivity index (χ2n) is 6.27. The summed E-state index contributed by atoms with van der Waals surface area (Å²) < 4.78 is 0. The van der Waals surface area contributed by atoms with Crippen LogP contribution in [0.25, 0.3) is 0 Å². The molecule has 4 N–H and O–H groups in total. The minimum absolute atomic E-state index is 0.473. The third-order valence-corrected chi connectivity index (χ3v) is 4.81. The minimum atomic E-state index is -0.681. The van der Waals surface area contributed by atoms with Crippen molar-refractivity contribution in [3.8, 4) is 0 Å². The number of amides is 4. The molecule has 0 spiro atoms. The Morgan fingerprint density at radius 1 is 0.690 bits per heavy atom. The molecule has 0 aromatic heterocycles. The molecule has 0 saturated carbocycles. The number of carbonyl (C=O) groups excluding carboxylic acids is 2. The molecule has 0 aliphatic carbocycles. The maximum atomic E-state index is 12.3. The first-order valence-corrected chi connectivity index (χ1v) is 9.34. The lowest BCUT2D eigenvalue weighted by Crippen LogP contribution is -2.33. The summed E-state index contributed by atoms with van der Waals surface area (Å²) in [7, 11) is 0. The number of benzene rings is 3. The second kappa shape index (κ2) is 8.43. The van der Waals surface area contributed by atoms with Gasteiger partial charge in [0.15, 0.2) is 0 Å². The topological polar surface area (TPSA) is 92.7 Å². The normalized spacial score (nSPS) is 10.4. The van der Waals surface area contributed by atoms with Crippen LogP contribution in [0, 0.1) is 6.92 Å². The zero-order valence-electron chi connectivity index (χ0n) is 15.5. The van der Waals surface area contributed by atoms with Crippen molar-refractivity contribution < 1.29 is 9.59 Å². The molecule has 0 saturated heterocycles. The highest BCUT2D eigenvalue weighted by atomic mass is 35.5. The lowest BCUT2D eigenvalue weighted by molar-refractivity contribution is 0.255. The Morgan fingerprint density at radius 2 is 1.10 bits per heavy atom. The number of primary amides is 2. The van der Waals surface area contributed by atoms with Crippen LogP contribution in [0.5, 0.6) is 0 Å². The highest BCUT2D eigenvalue weighted by molar-refractivity contribution is 6.31. The monoisotopic (exact) mass is 428 g/mol. The summed E-state index contributed by atoms with van der Waals surface area (Å²) in [6, 6.07) is 17.2. The number of hydrogen-bond donors (Lipinski definition) is 2. The van der Waals surface area contributed by atoms with Gasteiger partial charge < -0.3 is 11.5 Å². The van der Waals surface area contributed by atoms with Crippen LogP contribution in [0.1, 0.15) is 5.56 Å². The maximum absolute atomic E-state index is 12.3. The van der Waals surface area contributed by atoms with E-state index in [1.807, 2.05) is 6.92 Å². The number of nitrogens with two attached hydrogens (primary N) is 2. The first-order chi connectivity index (χ1) is 13.8. The van der Waals surface area contributed by atoms with E-state index in [4.69, 9.17) is 34.7 Å². The van der Waals surface area contributed by atoms with E-state index in [0.717, 1.165) is 5.56 Å². The predicted molar refractivity (Wildman–Crippen MR) is 118 cm³/mol. The highest BCUT2D eigenvalue weighted by Crippen LogP contribution is 2.35. The Morgan fingerprint density at radius 3 is 1.55 bits per heavy atom. The Bertz CT molecular complexity index is 1050. The van der Waals surface area contributed by atoms with Crippen LogP contribution in [0.4, 0.5) is 32.3 Å². The van der Waals surface area contributed by atoms with E-state index in [-0.39, 0.29) is 0 Å². The molecule has 4 amide bonds. The number of anilines is 4. The van der Waals surface area contributed by atoms with Gasteiger partial charge >= 0.3 is 12.1 Å². The zero-order valence-corrected chi connectivity index (χ0v) is 17.0. The standard InChI is InChI=1S/C21H18Cl2N4O2/c1-13-2-7-18(26(20(24)28)16-8-3-14(22)4-9-16)12-19(13)27(21(25)29)17-10-5-15(23)6-11-17/h2-12H,1H3,(H2,24,28)(H2,25,29). The summed E-state index contributed by atoms with van der Waals surface area (Å²) in [5.74, 6) is 0. The molecule has 0 atom stereocenters. The molecule has 0 radical (unpaired) electrons. The third-order valence-electron chi connectivity index (χ3n) is 4.30. The van der Waals surface area contributed by atoms with Crippen molar-refractivity contribution in [2.75, 3.05) is 9.80 Å². The Labute approximate surface area is 178 Å². The first kappa shape index (κ1) is 20.5. The summed E-state index contributed by atoms with van der Waals surface area (Å²) in [5.41, 5.74) is 14.1. The van der Waals surface area contributed by atoms with Crippen LogP contribution in [-0.2, 0) is 0 Å². The molecule has 6 nitrogen and oxygen atoms in total. The largest absolute Gasteiger partial charge is 0.351 e. The molecule has 3 rings (SSSR count). The van der Waals surface area contributed by atoms with Crippen molar-refractivity contribution in [1.29, 1.82) is 0 Å². The number of hydrogen-bond acceptors (Lipinski definition) is 2. The summed E-state index contributed by atoms with van der Waals surface area (Å²) in [4.78, 5) is 27.1. The van der Waals surface area contributed by atoms with Crippen LogP contribution >= 0.6 is 23.2 Å². The van der Waals surface area contributed by atoms with Gasteiger partial charge in [0.05, 0.1) is 22.7 Å². The van der Waals surface area contributed by atoms with Gasteiger partial charge in [-0.05, 0) is 73.2 Å². The van der Waals surface area contributed by atoms with Crippen molar-refractivity contribution in [2.45, 2.75) is 6.92 Å². The lowest BCUT2D eigenvalue weighted by Gasteiger charge is -2.26. The molecule has 0 bridgehead atoms. The molecule has 29 heavy (non-hydrogen) atoms. The SMILES string of the molecule is Cc1ccc(N(C(N)=O)c2ccc(Cl)cc2)cc1N(C(N)=O)c1ccc(Cl)cc1. The van der Waals surface area contributed by atoms with Crippen LogP contribution in [0.15, 0.2) is 66.7 Å². The summed E-state index contributed by atoms with van der Waals surface area (Å²) in [6.07, 6.45) is 0. The smallest absolute Gasteiger partial charge is 0.323 e. The van der Waals surface area contributed by atoms with Gasteiger partial charge in [0.2, 0.25) is 0 Å². The summed E-state index contributed by atoms with van der Waals surface area (Å²) in [6.45, 7) is 1.84. The molecule has 0 fully saturated rings. The Hall–Kier alpha value is -3.22. The zero-order chi connectivity index (χ0) is 21.1. The number of nitrogens with zero attached hydrogens (tertiary/aromatic N) is 2. The summed E-state index contributed by atoms with van der Waals surface area (Å²) >= 11 is 11.9. The molecular formula is C21H18Cl2N4O2. The van der Waals surface area contributed by atoms with E-state index in [9.17, 15) is 9.59 Å². The number of halogens is 2. The average molecular weight is 429 g/mol. The fraction of sp³-hybridized carbons (Fsp3) is 0.0476. The lowest BCUT2D eigenvalue weighted by atomic mass is 10.1. The van der Waals surface area contributed by atoms with Gasteiger partial charge in [0, 0.05) is 10.0 Å². The number of aryl methyl sites for hydroxylation is 1. The van der Waals surface area contributed by atoms with Gasteiger partial charge in [-0.15, -0.1) is 0 Å². The first-order valence-electron chi connectivity index (χ1n) is 8.59. The fourth-order valence-electron chi connectivity index (χ4n) is 2.95. The van der Waals surface area contributed by atoms with Crippen molar-refractivity contribution in [2.24, 2.45) is 11.5 Å². The van der Waals surface area contributed by atoms with E-state index < -0.39 is 12.1 Å². The second-order valence-corrected chi connectivity index (χ2v) is 7.14. The van der Waals surface area contributed by atoms with E-state index >= 15 is 0 Å². The average Bonchev–Trinajstić information content (AvgIpc) is 2.67. The van der Waals surface area contributed by atoms with E-state index in [2.05, 4.69) is 0 Å². The quantitative estimate of drug-likeness (QED) is 0.554. The fourth-order valence-corrected chi connectivity index (χ4v) is 3.20. The van der Waals surface area contributed by atoms with Crippen LogP contribution in [-0.4, -0.2) is 12.1 Å². The molecule has 0 unspecified atom stereocenters. The van der Waals surface area contributed by atoms with Gasteiger partial charge in [-0.25, -0.2) is 9.59 Å². The van der Waals surface area contributed by atoms with E-state index in [0.29, 0.717) is 32.8 Å². The maximum Gasteiger partial charge on any atom is 0.323 e. The molecule has 148 valence electrons. The Kier molecular flexibility index (Phi) is 5.96. The van der Waals surface area contributed by atoms with Gasteiger partial charge in [0.1, 0.15) is 0 Å². The van der Waals surface area contributed by atoms with Gasteiger partial charge in [-0.1, -0.05) is 29.3 Å². The molecule has 0 aliphatic heterocycles. The molecular weight excluding hydrogens is 411 g/mol. The number of urea groups is 2. The van der Waals surface area contributed by atoms with Gasteiger partial charge in [-0.3, -0.25) is 9.80 Å². The van der Waals surface area contributed by atoms with Gasteiger partial charge in [0.25, 0.3) is 0 Å². The van der Waals surface area contributed by atoms with Crippen LogP contribution < -0.4 is 21.3 Å². The third kappa shape index (κ3) is 4.45. The number of rotatable bonds is 4. The molecule has 3 aromatic rings. The molecule has 3 aromatic carbocycles. The number of carbonyl (C=O) groups is 2. The molecule has 8 heteroatoms. The molecule has 0 heterocycles. The Balaban J connectivity index is 2.12. The van der Waals surface area contributed by atoms with E-state index in [1.165, 1.54) is 9.80 Å². The van der Waals surface area contributed by atoms with Crippen molar-refractivity contribution in [3.63, 3.8) is 0 Å². The van der Waals surface area contributed by atoms with Crippen LogP contribution in [0.3, 0.4) is 0 Å². The van der Waals surface area contributed by atoms with Crippen molar-refractivity contribution >= 4 is 58.0 Å². The van der Waals surface area contributed by atoms with E-state index in [1.54, 1.807) is 66.7 Å². The van der Waals surface area contributed by atoms with Gasteiger partial charge in [-0.2, -0.15) is 0 Å². The predicted octanol–water partition coefficient (Wildman–Crippen LogP) is 5.74. The minimum Gasteiger partial charge on any atom is -0.351 e. The van der Waals surface area contributed by atoms with Crippen molar-refractivity contribution in [1.82, 2.24) is 0 Å². The van der Waals surface area contributed by atoms with Crippen LogP contribution in [0.2, 0.25) is 10.0 Å².